The molecule has 1 atom stereocenters. The number of amides is 1. The Morgan fingerprint density at radius 2 is 1.76 bits per heavy atom. The summed E-state index contributed by atoms with van der Waals surface area (Å²) in [5.74, 6) is -1.49. The molecular weight excluding hydrogens is 417 g/mol. The number of aromatic nitrogens is 1. The van der Waals surface area contributed by atoms with Crippen molar-refractivity contribution in [3.05, 3.63) is 69.6 Å². The van der Waals surface area contributed by atoms with Crippen LogP contribution in [0.2, 0.25) is 10.0 Å². The Morgan fingerprint density at radius 3 is 2.31 bits per heavy atom. The van der Waals surface area contributed by atoms with Gasteiger partial charge in [-0.2, -0.15) is 0 Å². The molecule has 1 aromatic heterocycles. The fourth-order valence-corrected chi connectivity index (χ4v) is 3.45. The van der Waals surface area contributed by atoms with Gasteiger partial charge in [-0.25, -0.2) is 4.79 Å². The molecule has 0 radical (unpaired) electrons. The smallest absolute Gasteiger partial charge is 0.326 e. The van der Waals surface area contributed by atoms with Crippen LogP contribution in [0.4, 0.5) is 5.69 Å². The van der Waals surface area contributed by atoms with Gasteiger partial charge < -0.3 is 15.7 Å². The Hall–Kier alpha value is -2.90. The van der Waals surface area contributed by atoms with Crippen molar-refractivity contribution in [1.82, 2.24) is 10.3 Å². The third kappa shape index (κ3) is 5.34. The van der Waals surface area contributed by atoms with Crippen molar-refractivity contribution < 1.29 is 19.5 Å². The number of allylic oxidation sites excluding steroid dienone is 2. The number of carboxylic acid groups (broad SMARTS) is 1. The van der Waals surface area contributed by atoms with E-state index in [9.17, 15) is 19.5 Å². The molecule has 7 nitrogen and oxygen atoms in total. The number of hydrogen-bond donors (Lipinski definition) is 3. The van der Waals surface area contributed by atoms with Gasteiger partial charge in [0.1, 0.15) is 6.04 Å². The number of nitrogens with one attached hydrogen (secondary N) is 2. The molecule has 0 bridgehead atoms. The van der Waals surface area contributed by atoms with Gasteiger partial charge in [0.25, 0.3) is 5.91 Å². The van der Waals surface area contributed by atoms with Crippen LogP contribution in [0.15, 0.2) is 48.4 Å². The molecule has 0 saturated heterocycles. The lowest BCUT2D eigenvalue weighted by atomic mass is 10.0. The first-order chi connectivity index (χ1) is 13.8. The van der Waals surface area contributed by atoms with Crippen LogP contribution in [-0.2, 0) is 16.0 Å². The molecule has 1 amide bonds. The first-order valence-electron chi connectivity index (χ1n) is 8.75. The van der Waals surface area contributed by atoms with E-state index < -0.39 is 17.9 Å². The van der Waals surface area contributed by atoms with E-state index in [1.807, 2.05) is 0 Å². The minimum atomic E-state index is -1.01. The summed E-state index contributed by atoms with van der Waals surface area (Å²) < 4.78 is 0. The van der Waals surface area contributed by atoms with E-state index in [0.29, 0.717) is 24.2 Å². The molecule has 2 aromatic rings. The SMILES string of the molecule is O=C1C=C(N[C@@H](Cc2ccc(NC(=O)c3c(Cl)cncc3Cl)cc2)C(=O)O)CC1. The van der Waals surface area contributed by atoms with Crippen LogP contribution in [0.3, 0.4) is 0 Å². The fraction of sp³-hybridized carbons (Fsp3) is 0.200. The third-order valence-corrected chi connectivity index (χ3v) is 4.94. The van der Waals surface area contributed by atoms with E-state index in [0.717, 1.165) is 5.56 Å². The molecule has 0 fully saturated rings. The van der Waals surface area contributed by atoms with Gasteiger partial charge in [-0.15, -0.1) is 0 Å². The van der Waals surface area contributed by atoms with Crippen LogP contribution in [0, 0.1) is 0 Å². The Labute approximate surface area is 176 Å². The van der Waals surface area contributed by atoms with E-state index in [2.05, 4.69) is 15.6 Å². The molecule has 0 saturated carbocycles. The lowest BCUT2D eigenvalue weighted by molar-refractivity contribution is -0.139. The number of hydrogen-bond acceptors (Lipinski definition) is 5. The number of ketones is 1. The van der Waals surface area contributed by atoms with Crippen molar-refractivity contribution in [2.75, 3.05) is 5.32 Å². The number of aliphatic carboxylic acids is 1. The highest BCUT2D eigenvalue weighted by molar-refractivity contribution is 6.40. The predicted molar refractivity (Wildman–Crippen MR) is 109 cm³/mol. The van der Waals surface area contributed by atoms with Gasteiger partial charge in [0.05, 0.1) is 15.6 Å². The Kier molecular flexibility index (Phi) is 6.51. The third-order valence-electron chi connectivity index (χ3n) is 4.37. The molecule has 3 rings (SSSR count). The number of benzene rings is 1. The Balaban J connectivity index is 1.66. The number of rotatable bonds is 7. The first kappa shape index (κ1) is 20.8. The molecule has 3 N–H and O–H groups in total. The van der Waals surface area contributed by atoms with Crippen molar-refractivity contribution >= 4 is 46.5 Å². The summed E-state index contributed by atoms with van der Waals surface area (Å²) in [5, 5.41) is 15.3. The van der Waals surface area contributed by atoms with Crippen molar-refractivity contribution in [3.63, 3.8) is 0 Å². The van der Waals surface area contributed by atoms with Gasteiger partial charge in [0, 0.05) is 42.7 Å². The number of carbonyl (C=O) groups is 3. The van der Waals surface area contributed by atoms with E-state index in [1.54, 1.807) is 24.3 Å². The highest BCUT2D eigenvalue weighted by Gasteiger charge is 2.22. The van der Waals surface area contributed by atoms with Gasteiger partial charge in [-0.05, 0) is 24.1 Å². The summed E-state index contributed by atoms with van der Waals surface area (Å²) in [6, 6.07) is 5.90. The minimum Gasteiger partial charge on any atom is -0.480 e. The van der Waals surface area contributed by atoms with E-state index in [-0.39, 0.29) is 27.8 Å². The number of carboxylic acids is 1. The standard InChI is InChI=1S/C20H17Cl2N3O4/c21-15-9-23-10-16(22)18(15)19(27)25-12-3-1-11(2-4-12)7-17(20(28)29)24-13-5-6-14(26)8-13/h1-4,8-10,17,24H,5-7H2,(H,25,27)(H,28,29)/t17-/m0/s1. The summed E-state index contributed by atoms with van der Waals surface area (Å²) in [6.07, 6.45) is 5.25. The average molecular weight is 434 g/mol. The summed E-state index contributed by atoms with van der Waals surface area (Å²) in [4.78, 5) is 39.1. The number of pyridine rings is 1. The molecule has 9 heteroatoms. The zero-order valence-electron chi connectivity index (χ0n) is 15.1. The van der Waals surface area contributed by atoms with Gasteiger partial charge in [0.15, 0.2) is 5.78 Å². The second-order valence-corrected chi connectivity index (χ2v) is 7.32. The molecule has 0 unspecified atom stereocenters. The monoisotopic (exact) mass is 433 g/mol. The average Bonchev–Trinajstić information content (AvgIpc) is 3.07. The van der Waals surface area contributed by atoms with Crippen molar-refractivity contribution in [3.8, 4) is 0 Å². The summed E-state index contributed by atoms with van der Waals surface area (Å²) in [5.41, 5.74) is 2.03. The number of anilines is 1. The van der Waals surface area contributed by atoms with Crippen LogP contribution < -0.4 is 10.6 Å². The Morgan fingerprint density at radius 1 is 1.10 bits per heavy atom. The maximum absolute atomic E-state index is 12.4. The van der Waals surface area contributed by atoms with Crippen LogP contribution in [-0.4, -0.2) is 33.8 Å². The maximum atomic E-state index is 12.4. The van der Waals surface area contributed by atoms with Crippen molar-refractivity contribution in [1.29, 1.82) is 0 Å². The molecule has 1 heterocycles. The lowest BCUT2D eigenvalue weighted by Gasteiger charge is -2.16. The second kappa shape index (κ2) is 9.07. The molecule has 150 valence electrons. The lowest BCUT2D eigenvalue weighted by Crippen LogP contribution is -2.37. The van der Waals surface area contributed by atoms with Gasteiger partial charge in [0.2, 0.25) is 0 Å². The largest absolute Gasteiger partial charge is 0.480 e. The molecule has 1 aromatic carbocycles. The zero-order chi connectivity index (χ0) is 21.0. The molecule has 29 heavy (non-hydrogen) atoms. The molecule has 1 aliphatic rings. The molecule has 0 aliphatic heterocycles. The summed E-state index contributed by atoms with van der Waals surface area (Å²) in [7, 11) is 0. The molecule has 0 spiro atoms. The molecule has 1 aliphatic carbocycles. The zero-order valence-corrected chi connectivity index (χ0v) is 16.6. The first-order valence-corrected chi connectivity index (χ1v) is 9.51. The van der Waals surface area contributed by atoms with E-state index in [4.69, 9.17) is 23.2 Å². The second-order valence-electron chi connectivity index (χ2n) is 6.50. The quantitative estimate of drug-likeness (QED) is 0.616. The normalized spacial score (nSPS) is 14.3. The highest BCUT2D eigenvalue weighted by atomic mass is 35.5. The predicted octanol–water partition coefficient (Wildman–Crippen LogP) is 3.47. The van der Waals surface area contributed by atoms with Crippen LogP contribution in [0.5, 0.6) is 0 Å². The topological polar surface area (TPSA) is 108 Å². The van der Waals surface area contributed by atoms with Crippen LogP contribution in [0.25, 0.3) is 0 Å². The van der Waals surface area contributed by atoms with E-state index in [1.165, 1.54) is 18.5 Å². The van der Waals surface area contributed by atoms with Gasteiger partial charge >= 0.3 is 5.97 Å². The van der Waals surface area contributed by atoms with Gasteiger partial charge in [-0.3, -0.25) is 14.6 Å². The minimum absolute atomic E-state index is 0.00821. The Bertz CT molecular complexity index is 969. The van der Waals surface area contributed by atoms with E-state index >= 15 is 0 Å². The maximum Gasteiger partial charge on any atom is 0.326 e. The fourth-order valence-electron chi connectivity index (χ4n) is 2.92. The number of carbonyl (C=O) groups excluding carboxylic acids is 2. The summed E-state index contributed by atoms with van der Waals surface area (Å²) in [6.45, 7) is 0. The number of nitrogens with zero attached hydrogens (tertiary/aromatic N) is 1. The summed E-state index contributed by atoms with van der Waals surface area (Å²) >= 11 is 12.0. The van der Waals surface area contributed by atoms with Crippen molar-refractivity contribution in [2.45, 2.75) is 25.3 Å². The van der Waals surface area contributed by atoms with Gasteiger partial charge in [-0.1, -0.05) is 35.3 Å². The van der Waals surface area contributed by atoms with Crippen molar-refractivity contribution in [2.24, 2.45) is 0 Å². The number of halogens is 2. The molecular formula is C20H17Cl2N3O4. The van der Waals surface area contributed by atoms with Crippen LogP contribution in [0.1, 0.15) is 28.8 Å². The highest BCUT2D eigenvalue weighted by Crippen LogP contribution is 2.24. The van der Waals surface area contributed by atoms with Crippen LogP contribution >= 0.6 is 23.2 Å².